The number of amides is 1. The molecule has 6 heteroatoms. The van der Waals surface area contributed by atoms with Crippen LogP contribution in [-0.2, 0) is 14.3 Å². The van der Waals surface area contributed by atoms with Gasteiger partial charge in [0.2, 0.25) is 5.91 Å². The van der Waals surface area contributed by atoms with Gasteiger partial charge in [-0.2, -0.15) is 0 Å². The topological polar surface area (TPSA) is 88.5 Å². The monoisotopic (exact) mass is 276 g/mol. The second kappa shape index (κ2) is 6.29. The molecule has 1 aliphatic rings. The summed E-state index contributed by atoms with van der Waals surface area (Å²) in [5, 5.41) is 11.3. The van der Waals surface area contributed by atoms with Crippen LogP contribution in [0.3, 0.4) is 0 Å². The van der Waals surface area contributed by atoms with E-state index in [1.807, 2.05) is 6.92 Å². The van der Waals surface area contributed by atoms with Gasteiger partial charge in [-0.1, -0.05) is 6.07 Å². The number of aliphatic carboxylic acids is 1. The van der Waals surface area contributed by atoms with Crippen LogP contribution in [-0.4, -0.2) is 34.7 Å². The number of carboxylic acids is 1. The number of pyridine rings is 1. The quantitative estimate of drug-likeness (QED) is 0.814. The van der Waals surface area contributed by atoms with Crippen molar-refractivity contribution in [3.8, 4) is 0 Å². The molecule has 2 heterocycles. The third-order valence-electron chi connectivity index (χ3n) is 3.13. The maximum Gasteiger partial charge on any atom is 0.328 e. The number of carboxylic acid groups (broad SMARTS) is 1. The summed E-state index contributed by atoms with van der Waals surface area (Å²) in [5.74, 6) is -0.934. The van der Waals surface area contributed by atoms with Gasteiger partial charge in [-0.05, 0) is 31.6 Å². The summed E-state index contributed by atoms with van der Waals surface area (Å²) >= 11 is 0. The summed E-state index contributed by atoms with van der Waals surface area (Å²) in [6, 6.07) is 5.03. The van der Waals surface area contributed by atoms with Crippen LogP contribution < -0.4 is 5.32 Å². The normalized spacial score (nSPS) is 22.1. The smallest absolute Gasteiger partial charge is 0.328 e. The number of nitrogens with zero attached hydrogens (tertiary/aromatic N) is 1. The van der Waals surface area contributed by atoms with Crippen LogP contribution in [0.4, 0.5) is 5.82 Å². The van der Waals surface area contributed by atoms with E-state index in [1.54, 1.807) is 18.2 Å². The summed E-state index contributed by atoms with van der Waals surface area (Å²) in [6.07, 6.45) is 2.98. The van der Waals surface area contributed by atoms with Crippen molar-refractivity contribution in [1.82, 2.24) is 4.98 Å². The van der Waals surface area contributed by atoms with Crippen LogP contribution in [0.5, 0.6) is 0 Å². The van der Waals surface area contributed by atoms with Gasteiger partial charge in [-0.25, -0.2) is 9.78 Å². The van der Waals surface area contributed by atoms with E-state index in [0.717, 1.165) is 6.08 Å². The van der Waals surface area contributed by atoms with Gasteiger partial charge in [0.25, 0.3) is 0 Å². The molecule has 0 aromatic carbocycles. The molecular formula is C14H16N2O4. The molecule has 0 radical (unpaired) electrons. The van der Waals surface area contributed by atoms with E-state index >= 15 is 0 Å². The molecule has 0 spiro atoms. The van der Waals surface area contributed by atoms with E-state index in [2.05, 4.69) is 10.3 Å². The van der Waals surface area contributed by atoms with Gasteiger partial charge < -0.3 is 15.2 Å². The first-order valence-electron chi connectivity index (χ1n) is 6.37. The summed E-state index contributed by atoms with van der Waals surface area (Å²) in [6.45, 7) is 2.46. The number of rotatable bonds is 4. The first kappa shape index (κ1) is 14.2. The lowest BCUT2D eigenvalue weighted by molar-refractivity contribution is -0.131. The standard InChI is InChI=1S/C14H16N2O4/c1-9-11(7-8-20-9)14(19)16-12-4-2-3-10(15-12)5-6-13(17)18/h2-6,9,11H,7-8H2,1H3,(H,17,18)(H,15,16,19). The van der Waals surface area contributed by atoms with Gasteiger partial charge >= 0.3 is 5.97 Å². The van der Waals surface area contributed by atoms with Crippen LogP contribution in [0, 0.1) is 5.92 Å². The van der Waals surface area contributed by atoms with Crippen molar-refractivity contribution in [3.05, 3.63) is 30.0 Å². The predicted octanol–water partition coefficient (Wildman–Crippen LogP) is 1.54. The third kappa shape index (κ3) is 3.64. The van der Waals surface area contributed by atoms with Crippen molar-refractivity contribution in [2.45, 2.75) is 19.4 Å². The fraction of sp³-hybridized carbons (Fsp3) is 0.357. The Morgan fingerprint density at radius 3 is 2.95 bits per heavy atom. The van der Waals surface area contributed by atoms with Crippen molar-refractivity contribution < 1.29 is 19.4 Å². The van der Waals surface area contributed by atoms with Crippen LogP contribution in [0.2, 0.25) is 0 Å². The average Bonchev–Trinajstić information content (AvgIpc) is 2.83. The number of ether oxygens (including phenoxy) is 1. The van der Waals surface area contributed by atoms with Gasteiger partial charge in [0, 0.05) is 12.7 Å². The molecule has 1 fully saturated rings. The maximum atomic E-state index is 12.1. The van der Waals surface area contributed by atoms with Crippen molar-refractivity contribution in [2.24, 2.45) is 5.92 Å². The highest BCUT2D eigenvalue weighted by Gasteiger charge is 2.30. The van der Waals surface area contributed by atoms with Gasteiger partial charge in [-0.3, -0.25) is 4.79 Å². The van der Waals surface area contributed by atoms with E-state index in [0.29, 0.717) is 24.5 Å². The predicted molar refractivity (Wildman–Crippen MR) is 73.1 cm³/mol. The highest BCUT2D eigenvalue weighted by molar-refractivity contribution is 5.92. The Hall–Kier alpha value is -2.21. The number of hydrogen-bond acceptors (Lipinski definition) is 4. The van der Waals surface area contributed by atoms with Crippen molar-refractivity contribution in [2.75, 3.05) is 11.9 Å². The Labute approximate surface area is 116 Å². The fourth-order valence-corrected chi connectivity index (χ4v) is 2.07. The lowest BCUT2D eigenvalue weighted by Gasteiger charge is -2.13. The molecule has 1 amide bonds. The lowest BCUT2D eigenvalue weighted by Crippen LogP contribution is -2.28. The molecule has 1 aromatic rings. The molecule has 2 rings (SSSR count). The van der Waals surface area contributed by atoms with Crippen molar-refractivity contribution in [3.63, 3.8) is 0 Å². The van der Waals surface area contributed by atoms with E-state index in [4.69, 9.17) is 9.84 Å². The molecule has 1 aromatic heterocycles. The van der Waals surface area contributed by atoms with E-state index < -0.39 is 5.97 Å². The minimum absolute atomic E-state index is 0.0925. The molecule has 6 nitrogen and oxygen atoms in total. The Bertz CT molecular complexity index is 542. The molecule has 0 saturated carbocycles. The van der Waals surface area contributed by atoms with Gasteiger partial charge in [0.15, 0.2) is 0 Å². The SMILES string of the molecule is CC1OCCC1C(=O)Nc1cccc(C=CC(=O)O)n1. The second-order valence-electron chi connectivity index (χ2n) is 4.58. The van der Waals surface area contributed by atoms with Gasteiger partial charge in [0.1, 0.15) is 5.82 Å². The highest BCUT2D eigenvalue weighted by Crippen LogP contribution is 2.21. The van der Waals surface area contributed by atoms with Crippen LogP contribution in [0.15, 0.2) is 24.3 Å². The van der Waals surface area contributed by atoms with Crippen molar-refractivity contribution >= 4 is 23.8 Å². The Balaban J connectivity index is 2.04. The Morgan fingerprint density at radius 2 is 2.30 bits per heavy atom. The molecule has 2 unspecified atom stereocenters. The zero-order valence-corrected chi connectivity index (χ0v) is 11.1. The maximum absolute atomic E-state index is 12.1. The number of anilines is 1. The van der Waals surface area contributed by atoms with Crippen LogP contribution in [0.25, 0.3) is 6.08 Å². The first-order valence-corrected chi connectivity index (χ1v) is 6.37. The Morgan fingerprint density at radius 1 is 1.50 bits per heavy atom. The largest absolute Gasteiger partial charge is 0.478 e. The summed E-state index contributed by atoms with van der Waals surface area (Å²) < 4.78 is 5.36. The number of aromatic nitrogens is 1. The van der Waals surface area contributed by atoms with Crippen LogP contribution in [0.1, 0.15) is 19.0 Å². The zero-order valence-electron chi connectivity index (χ0n) is 11.1. The summed E-state index contributed by atoms with van der Waals surface area (Å²) in [7, 11) is 0. The summed E-state index contributed by atoms with van der Waals surface area (Å²) in [5.41, 5.74) is 0.473. The molecule has 106 valence electrons. The first-order chi connectivity index (χ1) is 9.56. The highest BCUT2D eigenvalue weighted by atomic mass is 16.5. The minimum atomic E-state index is -1.04. The average molecular weight is 276 g/mol. The second-order valence-corrected chi connectivity index (χ2v) is 4.58. The van der Waals surface area contributed by atoms with E-state index in [9.17, 15) is 9.59 Å². The molecule has 0 bridgehead atoms. The van der Waals surface area contributed by atoms with Gasteiger partial charge in [-0.15, -0.1) is 0 Å². The molecule has 20 heavy (non-hydrogen) atoms. The molecular weight excluding hydrogens is 260 g/mol. The number of carbonyl (C=O) groups is 2. The minimum Gasteiger partial charge on any atom is -0.478 e. The molecule has 0 aliphatic carbocycles. The van der Waals surface area contributed by atoms with Crippen LogP contribution >= 0.6 is 0 Å². The molecule has 2 atom stereocenters. The summed E-state index contributed by atoms with van der Waals surface area (Å²) in [4.78, 5) is 26.7. The number of nitrogens with one attached hydrogen (secondary N) is 1. The zero-order chi connectivity index (χ0) is 14.5. The molecule has 1 saturated heterocycles. The molecule has 2 N–H and O–H groups in total. The number of hydrogen-bond donors (Lipinski definition) is 2. The van der Waals surface area contributed by atoms with E-state index in [-0.39, 0.29) is 17.9 Å². The van der Waals surface area contributed by atoms with Crippen molar-refractivity contribution in [1.29, 1.82) is 0 Å². The lowest BCUT2D eigenvalue weighted by atomic mass is 10.0. The molecule has 1 aliphatic heterocycles. The fourth-order valence-electron chi connectivity index (χ4n) is 2.07. The third-order valence-corrected chi connectivity index (χ3v) is 3.13. The van der Waals surface area contributed by atoms with E-state index in [1.165, 1.54) is 6.08 Å². The van der Waals surface area contributed by atoms with Gasteiger partial charge in [0.05, 0.1) is 17.7 Å². The Kier molecular flexibility index (Phi) is 4.47. The number of carbonyl (C=O) groups excluding carboxylic acids is 1.